The number of rotatable bonds is 3. The van der Waals surface area contributed by atoms with E-state index in [9.17, 15) is 0 Å². The number of anilines is 1. The van der Waals surface area contributed by atoms with Crippen LogP contribution in [-0.4, -0.2) is 27.3 Å². The topological polar surface area (TPSA) is 78.9 Å². The highest BCUT2D eigenvalue weighted by molar-refractivity contribution is 5.55. The van der Waals surface area contributed by atoms with E-state index in [0.29, 0.717) is 17.4 Å². The Morgan fingerprint density at radius 2 is 2.11 bits per heavy atom. The van der Waals surface area contributed by atoms with Crippen molar-refractivity contribution in [1.29, 1.82) is 0 Å². The smallest absolute Gasteiger partial charge is 0.159 e. The van der Waals surface area contributed by atoms with E-state index in [2.05, 4.69) is 15.5 Å². The van der Waals surface area contributed by atoms with Crippen molar-refractivity contribution in [2.45, 2.75) is 31.6 Å². The molecule has 1 aromatic heterocycles. The standard InChI is InChI=1S/C13H17N5O/c1-19-12-8-10(14)6-7-11(12)18-13(15-16-17-18)9-4-2-3-5-9/h6-9H,2-5,14H2,1H3. The van der Waals surface area contributed by atoms with Gasteiger partial charge < -0.3 is 10.5 Å². The van der Waals surface area contributed by atoms with E-state index in [-0.39, 0.29) is 0 Å². The molecular formula is C13H17N5O. The number of nitrogens with zero attached hydrogens (tertiary/aromatic N) is 4. The van der Waals surface area contributed by atoms with Crippen molar-refractivity contribution < 1.29 is 4.74 Å². The fourth-order valence-electron chi connectivity index (χ4n) is 2.67. The summed E-state index contributed by atoms with van der Waals surface area (Å²) in [5, 5.41) is 12.1. The molecule has 0 unspecified atom stereocenters. The van der Waals surface area contributed by atoms with Gasteiger partial charge >= 0.3 is 0 Å². The minimum absolute atomic E-state index is 0.442. The zero-order valence-corrected chi connectivity index (χ0v) is 10.9. The Hall–Kier alpha value is -2.11. The van der Waals surface area contributed by atoms with Crippen LogP contribution in [-0.2, 0) is 0 Å². The van der Waals surface area contributed by atoms with Crippen LogP contribution in [0.15, 0.2) is 18.2 Å². The van der Waals surface area contributed by atoms with E-state index in [1.807, 2.05) is 12.1 Å². The first-order valence-corrected chi connectivity index (χ1v) is 6.52. The second-order valence-corrected chi connectivity index (χ2v) is 4.86. The number of ether oxygens (including phenoxy) is 1. The monoisotopic (exact) mass is 259 g/mol. The summed E-state index contributed by atoms with van der Waals surface area (Å²) in [7, 11) is 1.62. The van der Waals surface area contributed by atoms with Crippen LogP contribution in [0.5, 0.6) is 5.75 Å². The van der Waals surface area contributed by atoms with Gasteiger partial charge in [0.15, 0.2) is 5.82 Å². The van der Waals surface area contributed by atoms with Gasteiger partial charge in [0.25, 0.3) is 0 Å². The third-order valence-corrected chi connectivity index (χ3v) is 3.65. The largest absolute Gasteiger partial charge is 0.494 e. The molecule has 19 heavy (non-hydrogen) atoms. The Balaban J connectivity index is 2.04. The lowest BCUT2D eigenvalue weighted by atomic mass is 10.1. The first-order valence-electron chi connectivity index (χ1n) is 6.52. The van der Waals surface area contributed by atoms with Crippen LogP contribution in [0, 0.1) is 0 Å². The zero-order valence-electron chi connectivity index (χ0n) is 10.9. The molecule has 1 aliphatic rings. The van der Waals surface area contributed by atoms with Gasteiger partial charge in [-0.1, -0.05) is 12.8 Å². The molecule has 6 nitrogen and oxygen atoms in total. The molecule has 0 saturated heterocycles. The maximum Gasteiger partial charge on any atom is 0.159 e. The van der Waals surface area contributed by atoms with E-state index in [1.165, 1.54) is 12.8 Å². The summed E-state index contributed by atoms with van der Waals surface area (Å²) in [5.41, 5.74) is 7.28. The Labute approximate surface area is 111 Å². The molecule has 1 heterocycles. The van der Waals surface area contributed by atoms with E-state index in [0.717, 1.165) is 24.4 Å². The Morgan fingerprint density at radius 1 is 1.32 bits per heavy atom. The van der Waals surface area contributed by atoms with Gasteiger partial charge in [-0.3, -0.25) is 0 Å². The molecule has 0 aliphatic heterocycles. The summed E-state index contributed by atoms with van der Waals surface area (Å²) in [6, 6.07) is 5.51. The third-order valence-electron chi connectivity index (χ3n) is 3.65. The molecule has 100 valence electrons. The van der Waals surface area contributed by atoms with Gasteiger partial charge in [-0.2, -0.15) is 4.68 Å². The summed E-state index contributed by atoms with van der Waals surface area (Å²) < 4.78 is 7.14. The average molecular weight is 259 g/mol. The molecule has 0 bridgehead atoms. The minimum Gasteiger partial charge on any atom is -0.494 e. The quantitative estimate of drug-likeness (QED) is 0.852. The molecule has 1 aliphatic carbocycles. The molecule has 6 heteroatoms. The lowest BCUT2D eigenvalue weighted by Crippen LogP contribution is -2.08. The maximum absolute atomic E-state index is 5.78. The van der Waals surface area contributed by atoms with Crippen LogP contribution in [0.1, 0.15) is 37.4 Å². The molecule has 1 saturated carbocycles. The molecule has 0 radical (unpaired) electrons. The average Bonchev–Trinajstić information content (AvgIpc) is 3.08. The molecule has 1 fully saturated rings. The Morgan fingerprint density at radius 3 is 2.84 bits per heavy atom. The van der Waals surface area contributed by atoms with Gasteiger partial charge in [0.05, 0.1) is 7.11 Å². The van der Waals surface area contributed by atoms with Crippen molar-refractivity contribution >= 4 is 5.69 Å². The Bertz CT molecular complexity index is 574. The van der Waals surface area contributed by atoms with Crippen molar-refractivity contribution in [2.24, 2.45) is 0 Å². The van der Waals surface area contributed by atoms with E-state index in [4.69, 9.17) is 10.5 Å². The number of hydrogen-bond acceptors (Lipinski definition) is 5. The van der Waals surface area contributed by atoms with E-state index in [1.54, 1.807) is 17.9 Å². The lowest BCUT2D eigenvalue weighted by Gasteiger charge is -2.12. The van der Waals surface area contributed by atoms with Crippen molar-refractivity contribution in [3.8, 4) is 11.4 Å². The number of nitrogens with two attached hydrogens (primary N) is 1. The molecule has 0 atom stereocenters. The summed E-state index contributed by atoms with van der Waals surface area (Å²) in [6.45, 7) is 0. The van der Waals surface area contributed by atoms with Crippen LogP contribution in [0.3, 0.4) is 0 Å². The Kier molecular flexibility index (Phi) is 3.06. The van der Waals surface area contributed by atoms with Gasteiger partial charge in [-0.25, -0.2) is 0 Å². The SMILES string of the molecule is COc1cc(N)ccc1-n1nnnc1C1CCCC1. The van der Waals surface area contributed by atoms with Crippen LogP contribution >= 0.6 is 0 Å². The van der Waals surface area contributed by atoms with Gasteiger partial charge in [0.2, 0.25) is 0 Å². The van der Waals surface area contributed by atoms with Crippen LogP contribution < -0.4 is 10.5 Å². The zero-order chi connectivity index (χ0) is 13.2. The van der Waals surface area contributed by atoms with E-state index >= 15 is 0 Å². The van der Waals surface area contributed by atoms with Crippen LogP contribution in [0.25, 0.3) is 5.69 Å². The minimum atomic E-state index is 0.442. The van der Waals surface area contributed by atoms with Crippen molar-refractivity contribution in [3.05, 3.63) is 24.0 Å². The highest BCUT2D eigenvalue weighted by atomic mass is 16.5. The number of benzene rings is 1. The van der Waals surface area contributed by atoms with Crippen molar-refractivity contribution in [1.82, 2.24) is 20.2 Å². The number of tetrazole rings is 1. The second kappa shape index (κ2) is 4.87. The van der Waals surface area contributed by atoms with Gasteiger partial charge in [-0.15, -0.1) is 5.10 Å². The molecule has 2 aromatic rings. The molecule has 2 N–H and O–H groups in total. The predicted octanol–water partition coefficient (Wildman–Crippen LogP) is 1.91. The molecule has 1 aromatic carbocycles. The summed E-state index contributed by atoms with van der Waals surface area (Å²) in [6.07, 6.45) is 4.79. The summed E-state index contributed by atoms with van der Waals surface area (Å²) in [4.78, 5) is 0. The number of aromatic nitrogens is 4. The van der Waals surface area contributed by atoms with Gasteiger partial charge in [-0.05, 0) is 35.4 Å². The first-order chi connectivity index (χ1) is 9.29. The summed E-state index contributed by atoms with van der Waals surface area (Å²) in [5.74, 6) is 2.05. The molecular weight excluding hydrogens is 242 g/mol. The molecule has 0 amide bonds. The van der Waals surface area contributed by atoms with Crippen LogP contribution in [0.2, 0.25) is 0 Å². The highest BCUT2D eigenvalue weighted by Crippen LogP contribution is 2.35. The first kappa shape index (κ1) is 12.0. The van der Waals surface area contributed by atoms with Gasteiger partial charge in [0.1, 0.15) is 11.4 Å². The third kappa shape index (κ3) is 2.14. The van der Waals surface area contributed by atoms with Crippen LogP contribution in [0.4, 0.5) is 5.69 Å². The van der Waals surface area contributed by atoms with Crippen molar-refractivity contribution in [2.75, 3.05) is 12.8 Å². The highest BCUT2D eigenvalue weighted by Gasteiger charge is 2.24. The fraction of sp³-hybridized carbons (Fsp3) is 0.462. The normalized spacial score (nSPS) is 15.8. The van der Waals surface area contributed by atoms with Gasteiger partial charge in [0, 0.05) is 17.7 Å². The number of hydrogen-bond donors (Lipinski definition) is 1. The maximum atomic E-state index is 5.78. The predicted molar refractivity (Wildman–Crippen MR) is 71.3 cm³/mol. The second-order valence-electron chi connectivity index (χ2n) is 4.86. The molecule has 3 rings (SSSR count). The van der Waals surface area contributed by atoms with Crippen molar-refractivity contribution in [3.63, 3.8) is 0 Å². The fourth-order valence-corrected chi connectivity index (χ4v) is 2.67. The number of nitrogen functional groups attached to an aromatic ring is 1. The van der Waals surface area contributed by atoms with E-state index < -0.39 is 0 Å². The summed E-state index contributed by atoms with van der Waals surface area (Å²) >= 11 is 0. The molecule has 0 spiro atoms. The lowest BCUT2D eigenvalue weighted by molar-refractivity contribution is 0.410. The number of methoxy groups -OCH3 is 1.